The fourth-order valence-electron chi connectivity index (χ4n) is 2.44. The molecule has 2 N–H and O–H groups in total. The van der Waals surface area contributed by atoms with E-state index in [1.165, 1.54) is 0 Å². The van der Waals surface area contributed by atoms with Crippen LogP contribution in [0.4, 0.5) is 5.69 Å². The first kappa shape index (κ1) is 17.7. The van der Waals surface area contributed by atoms with Gasteiger partial charge in [-0.25, -0.2) is 0 Å². The van der Waals surface area contributed by atoms with Gasteiger partial charge in [0.2, 0.25) is 0 Å². The van der Waals surface area contributed by atoms with E-state index in [1.54, 1.807) is 17.0 Å². The molecule has 0 spiro atoms. The van der Waals surface area contributed by atoms with Crippen molar-refractivity contribution in [2.24, 2.45) is 0 Å². The Balaban J connectivity index is 1.81. The second-order valence-electron chi connectivity index (χ2n) is 5.84. The number of ether oxygens (including phenoxy) is 1. The zero-order valence-electron chi connectivity index (χ0n) is 13.5. The van der Waals surface area contributed by atoms with Crippen LogP contribution < -0.4 is 10.2 Å². The highest BCUT2D eigenvalue weighted by molar-refractivity contribution is 6.33. The number of hydrogen-bond acceptors (Lipinski definition) is 3. The van der Waals surface area contributed by atoms with Gasteiger partial charge < -0.3 is 19.9 Å². The number of hydrogen-bond donors (Lipinski definition) is 2. The molecule has 1 aliphatic heterocycles. The van der Waals surface area contributed by atoms with Crippen LogP contribution in [0.1, 0.15) is 5.56 Å². The Labute approximate surface area is 141 Å². The number of morpholine rings is 1. The number of rotatable bonds is 5. The zero-order chi connectivity index (χ0) is 16.8. The van der Waals surface area contributed by atoms with Gasteiger partial charge >= 0.3 is 0 Å². The minimum Gasteiger partial charge on any atom is -0.378 e. The first-order chi connectivity index (χ1) is 11.0. The molecule has 6 nitrogen and oxygen atoms in total. The SMILES string of the molecule is Cc1ccc(NC(=O)C[NH+](C)CC(=O)N2CCOCC2)c(Cl)c1. The van der Waals surface area contributed by atoms with E-state index >= 15 is 0 Å². The molecule has 0 saturated carbocycles. The standard InChI is InChI=1S/C16H22ClN3O3/c1-12-3-4-14(13(17)9-12)18-15(21)10-19(2)11-16(22)20-5-7-23-8-6-20/h3-4,9H,5-8,10-11H2,1-2H3,(H,18,21)/p+1. The average Bonchev–Trinajstić information content (AvgIpc) is 2.50. The molecule has 1 heterocycles. The van der Waals surface area contributed by atoms with Crippen molar-refractivity contribution in [3.63, 3.8) is 0 Å². The number of quaternary nitrogens is 1. The third kappa shape index (κ3) is 5.49. The number of amides is 2. The lowest BCUT2D eigenvalue weighted by Gasteiger charge is -2.27. The number of nitrogens with zero attached hydrogens (tertiary/aromatic N) is 1. The van der Waals surface area contributed by atoms with Crippen LogP contribution in [0.3, 0.4) is 0 Å². The largest absolute Gasteiger partial charge is 0.378 e. The van der Waals surface area contributed by atoms with Crippen LogP contribution in [0.25, 0.3) is 0 Å². The molecule has 0 bridgehead atoms. The monoisotopic (exact) mass is 340 g/mol. The summed E-state index contributed by atoms with van der Waals surface area (Å²) in [6.45, 7) is 4.84. The minimum absolute atomic E-state index is 0.0481. The van der Waals surface area contributed by atoms with E-state index in [-0.39, 0.29) is 24.9 Å². The lowest BCUT2D eigenvalue weighted by atomic mass is 10.2. The maximum atomic E-state index is 12.1. The Kier molecular flexibility index (Phi) is 6.38. The van der Waals surface area contributed by atoms with Gasteiger partial charge in [-0.15, -0.1) is 0 Å². The Morgan fingerprint density at radius 2 is 2.00 bits per heavy atom. The molecule has 0 aromatic heterocycles. The van der Waals surface area contributed by atoms with Crippen LogP contribution in [-0.4, -0.2) is 63.2 Å². The number of nitrogens with one attached hydrogen (secondary N) is 2. The summed E-state index contributed by atoms with van der Waals surface area (Å²) in [4.78, 5) is 26.8. The van der Waals surface area contributed by atoms with Crippen LogP contribution in [-0.2, 0) is 14.3 Å². The van der Waals surface area contributed by atoms with Crippen molar-refractivity contribution in [1.29, 1.82) is 0 Å². The highest BCUT2D eigenvalue weighted by Crippen LogP contribution is 2.22. The number of likely N-dealkylation sites (N-methyl/N-ethyl adjacent to an activating group) is 1. The molecule has 1 saturated heterocycles. The number of halogens is 1. The van der Waals surface area contributed by atoms with E-state index in [4.69, 9.17) is 16.3 Å². The van der Waals surface area contributed by atoms with Gasteiger partial charge in [0.15, 0.2) is 13.1 Å². The summed E-state index contributed by atoms with van der Waals surface area (Å²) >= 11 is 6.10. The summed E-state index contributed by atoms with van der Waals surface area (Å²) in [5.74, 6) is -0.116. The third-order valence-corrected chi connectivity index (χ3v) is 3.99. The summed E-state index contributed by atoms with van der Waals surface area (Å²) in [5, 5.41) is 3.30. The molecule has 1 atom stereocenters. The van der Waals surface area contributed by atoms with Crippen LogP contribution in [0.2, 0.25) is 5.02 Å². The molecule has 1 aliphatic rings. The topological polar surface area (TPSA) is 63.1 Å². The van der Waals surface area contributed by atoms with Crippen molar-refractivity contribution in [3.05, 3.63) is 28.8 Å². The maximum Gasteiger partial charge on any atom is 0.279 e. The van der Waals surface area contributed by atoms with Gasteiger partial charge in [-0.2, -0.15) is 0 Å². The van der Waals surface area contributed by atoms with Crippen LogP contribution in [0.15, 0.2) is 18.2 Å². The van der Waals surface area contributed by atoms with Gasteiger partial charge in [0.25, 0.3) is 11.8 Å². The smallest absolute Gasteiger partial charge is 0.279 e. The Hall–Kier alpha value is -1.63. The van der Waals surface area contributed by atoms with E-state index in [0.29, 0.717) is 37.0 Å². The fourth-order valence-corrected chi connectivity index (χ4v) is 2.72. The van der Waals surface area contributed by atoms with Crippen LogP contribution in [0.5, 0.6) is 0 Å². The van der Waals surface area contributed by atoms with Crippen molar-refractivity contribution in [3.8, 4) is 0 Å². The van der Waals surface area contributed by atoms with Gasteiger partial charge in [-0.05, 0) is 24.6 Å². The van der Waals surface area contributed by atoms with Gasteiger partial charge in [-0.1, -0.05) is 17.7 Å². The maximum absolute atomic E-state index is 12.1. The second kappa shape index (κ2) is 8.29. The van der Waals surface area contributed by atoms with Gasteiger partial charge in [-0.3, -0.25) is 9.59 Å². The van der Waals surface area contributed by atoms with Crippen LogP contribution >= 0.6 is 11.6 Å². The molecule has 1 fully saturated rings. The van der Waals surface area contributed by atoms with Gasteiger partial charge in [0.05, 0.1) is 31.0 Å². The molecule has 1 aromatic rings. The average molecular weight is 341 g/mol. The number of benzene rings is 1. The van der Waals surface area contributed by atoms with Crippen molar-refractivity contribution >= 4 is 29.1 Å². The summed E-state index contributed by atoms with van der Waals surface area (Å²) in [6.07, 6.45) is 0. The summed E-state index contributed by atoms with van der Waals surface area (Å²) < 4.78 is 5.23. The van der Waals surface area contributed by atoms with Crippen molar-refractivity contribution in [2.75, 3.05) is 51.8 Å². The third-order valence-electron chi connectivity index (χ3n) is 3.68. The molecule has 126 valence electrons. The lowest BCUT2D eigenvalue weighted by molar-refractivity contribution is -0.862. The predicted octanol–water partition coefficient (Wildman–Crippen LogP) is -0.0396. The van der Waals surface area contributed by atoms with E-state index < -0.39 is 0 Å². The van der Waals surface area contributed by atoms with Crippen LogP contribution in [0, 0.1) is 6.92 Å². The molecular formula is C16H23ClN3O3+. The minimum atomic E-state index is -0.164. The molecule has 2 rings (SSSR count). The van der Waals surface area contributed by atoms with Gasteiger partial charge in [0.1, 0.15) is 0 Å². The summed E-state index contributed by atoms with van der Waals surface area (Å²) in [7, 11) is 1.83. The second-order valence-corrected chi connectivity index (χ2v) is 6.24. The normalized spacial score (nSPS) is 16.0. The Morgan fingerprint density at radius 3 is 2.65 bits per heavy atom. The highest BCUT2D eigenvalue weighted by Gasteiger charge is 2.21. The van der Waals surface area contributed by atoms with Gasteiger partial charge in [0, 0.05) is 13.1 Å². The van der Waals surface area contributed by atoms with E-state index in [1.807, 2.05) is 20.0 Å². The Morgan fingerprint density at radius 1 is 1.30 bits per heavy atom. The molecule has 1 unspecified atom stereocenters. The molecule has 1 aromatic carbocycles. The van der Waals surface area contributed by atoms with E-state index in [2.05, 4.69) is 5.32 Å². The van der Waals surface area contributed by atoms with Crippen molar-refractivity contribution < 1.29 is 19.2 Å². The van der Waals surface area contributed by atoms with E-state index in [9.17, 15) is 9.59 Å². The van der Waals surface area contributed by atoms with Crippen molar-refractivity contribution in [1.82, 2.24) is 4.90 Å². The molecule has 7 heteroatoms. The van der Waals surface area contributed by atoms with Crippen molar-refractivity contribution in [2.45, 2.75) is 6.92 Å². The number of carbonyl (C=O) groups excluding carboxylic acids is 2. The lowest BCUT2D eigenvalue weighted by Crippen LogP contribution is -3.11. The van der Waals surface area contributed by atoms with E-state index in [0.717, 1.165) is 10.5 Å². The molecular weight excluding hydrogens is 318 g/mol. The number of anilines is 1. The highest BCUT2D eigenvalue weighted by atomic mass is 35.5. The Bertz CT molecular complexity index is 574. The molecule has 23 heavy (non-hydrogen) atoms. The zero-order valence-corrected chi connectivity index (χ0v) is 14.3. The molecule has 2 amide bonds. The summed E-state index contributed by atoms with van der Waals surface area (Å²) in [5.41, 5.74) is 1.63. The molecule has 0 aliphatic carbocycles. The number of carbonyl (C=O) groups is 2. The quantitative estimate of drug-likeness (QED) is 0.790. The molecule has 0 radical (unpaired) electrons. The predicted molar refractivity (Wildman–Crippen MR) is 88.8 cm³/mol. The number of aryl methyl sites for hydroxylation is 1. The first-order valence-corrected chi connectivity index (χ1v) is 8.06. The fraction of sp³-hybridized carbons (Fsp3) is 0.500. The summed E-state index contributed by atoms with van der Waals surface area (Å²) in [6, 6.07) is 5.47. The first-order valence-electron chi connectivity index (χ1n) is 7.68.